The van der Waals surface area contributed by atoms with Crippen molar-refractivity contribution >= 4 is 23.2 Å². The average Bonchev–Trinajstić information content (AvgIpc) is 3.32. The van der Waals surface area contributed by atoms with Gasteiger partial charge in [0.15, 0.2) is 5.96 Å². The van der Waals surface area contributed by atoms with Gasteiger partial charge in [0.05, 0.1) is 6.04 Å². The first-order chi connectivity index (χ1) is 13.0. The van der Waals surface area contributed by atoms with Crippen LogP contribution in [0.4, 0.5) is 0 Å². The molecule has 152 valence electrons. The summed E-state index contributed by atoms with van der Waals surface area (Å²) in [6.45, 7) is 6.00. The first kappa shape index (κ1) is 21.7. The van der Waals surface area contributed by atoms with Gasteiger partial charge in [0, 0.05) is 45.7 Å². The molecule has 0 radical (unpaired) electrons. The maximum atomic E-state index is 12.2. The topological polar surface area (TPSA) is 60.0 Å². The van der Waals surface area contributed by atoms with Gasteiger partial charge in [-0.2, -0.15) is 0 Å². The second-order valence-electron chi connectivity index (χ2n) is 7.55. The van der Waals surface area contributed by atoms with Crippen molar-refractivity contribution in [2.24, 2.45) is 10.9 Å². The number of thiophene rings is 1. The lowest BCUT2D eigenvalue weighted by Crippen LogP contribution is -2.44. The summed E-state index contributed by atoms with van der Waals surface area (Å²) in [5.41, 5.74) is 0. The minimum absolute atomic E-state index is 0.0653. The molecule has 1 saturated heterocycles. The molecule has 1 amide bonds. The van der Waals surface area contributed by atoms with Crippen LogP contribution >= 0.6 is 11.3 Å². The Bertz CT molecular complexity index is 587. The van der Waals surface area contributed by atoms with Gasteiger partial charge >= 0.3 is 0 Å². The van der Waals surface area contributed by atoms with Crippen LogP contribution in [0.3, 0.4) is 0 Å². The fourth-order valence-electron chi connectivity index (χ4n) is 3.50. The lowest BCUT2D eigenvalue weighted by Gasteiger charge is -2.26. The summed E-state index contributed by atoms with van der Waals surface area (Å²) in [5.74, 6) is 1.65. The van der Waals surface area contributed by atoms with Crippen LogP contribution in [-0.2, 0) is 11.2 Å². The Morgan fingerprint density at radius 1 is 1.44 bits per heavy atom. The van der Waals surface area contributed by atoms with E-state index in [0.717, 1.165) is 57.8 Å². The van der Waals surface area contributed by atoms with Crippen LogP contribution in [0, 0.1) is 5.92 Å². The zero-order valence-electron chi connectivity index (χ0n) is 17.2. The van der Waals surface area contributed by atoms with E-state index in [0.29, 0.717) is 5.92 Å². The van der Waals surface area contributed by atoms with E-state index in [9.17, 15) is 4.79 Å². The molecule has 2 rings (SSSR count). The fourth-order valence-corrected chi connectivity index (χ4v) is 4.37. The monoisotopic (exact) mass is 393 g/mol. The van der Waals surface area contributed by atoms with Crippen LogP contribution in [0.1, 0.15) is 31.1 Å². The third-order valence-electron chi connectivity index (χ3n) is 4.98. The van der Waals surface area contributed by atoms with Gasteiger partial charge in [-0.25, -0.2) is 0 Å². The predicted molar refractivity (Wildman–Crippen MR) is 114 cm³/mol. The van der Waals surface area contributed by atoms with E-state index in [4.69, 9.17) is 0 Å². The first-order valence-corrected chi connectivity index (χ1v) is 10.8. The summed E-state index contributed by atoms with van der Waals surface area (Å²) in [6.07, 6.45) is 4.19. The van der Waals surface area contributed by atoms with Crippen molar-refractivity contribution in [2.75, 3.05) is 47.3 Å². The molecule has 1 aliphatic heterocycles. The van der Waals surface area contributed by atoms with E-state index >= 15 is 0 Å². The van der Waals surface area contributed by atoms with Gasteiger partial charge in [0.1, 0.15) is 0 Å². The lowest BCUT2D eigenvalue weighted by molar-refractivity contribution is -0.133. The van der Waals surface area contributed by atoms with Crippen LogP contribution in [0.5, 0.6) is 0 Å². The van der Waals surface area contributed by atoms with E-state index in [2.05, 4.69) is 45.0 Å². The Balaban J connectivity index is 1.63. The Morgan fingerprint density at radius 3 is 2.93 bits per heavy atom. The van der Waals surface area contributed by atoms with Gasteiger partial charge in [-0.15, -0.1) is 11.3 Å². The van der Waals surface area contributed by atoms with Crippen molar-refractivity contribution < 1.29 is 4.79 Å². The maximum Gasteiger partial charge on any atom is 0.239 e. The maximum absolute atomic E-state index is 12.2. The largest absolute Gasteiger partial charge is 0.356 e. The molecular weight excluding hydrogens is 358 g/mol. The Kier molecular flexibility index (Phi) is 9.07. The normalized spacial score (nSPS) is 19.1. The highest BCUT2D eigenvalue weighted by Crippen LogP contribution is 2.18. The molecule has 1 aromatic rings. The molecule has 2 N–H and O–H groups in total. The minimum atomic E-state index is 0.0653. The second kappa shape index (κ2) is 11.3. The van der Waals surface area contributed by atoms with Crippen molar-refractivity contribution in [3.63, 3.8) is 0 Å². The Hall–Kier alpha value is -1.60. The van der Waals surface area contributed by atoms with Crippen LogP contribution in [0.2, 0.25) is 0 Å². The number of aliphatic imine (C=N–C) groups is 1. The number of guanidine groups is 1. The number of hydrogen-bond acceptors (Lipinski definition) is 4. The molecular formula is C20H35N5OS. The number of carbonyl (C=O) groups excluding carboxylic acids is 1. The highest BCUT2D eigenvalue weighted by Gasteiger charge is 2.30. The number of nitrogens with zero attached hydrogens (tertiary/aromatic N) is 3. The van der Waals surface area contributed by atoms with Gasteiger partial charge < -0.3 is 15.5 Å². The first-order valence-electron chi connectivity index (χ1n) is 9.93. The quantitative estimate of drug-likeness (QED) is 0.383. The molecule has 1 aliphatic rings. The molecule has 2 unspecified atom stereocenters. The number of likely N-dealkylation sites (N-methyl/N-ethyl adjacent to an activating group) is 1. The summed E-state index contributed by atoms with van der Waals surface area (Å²) in [4.78, 5) is 22.0. The van der Waals surface area contributed by atoms with Gasteiger partial charge in [-0.3, -0.25) is 14.7 Å². The average molecular weight is 394 g/mol. The molecule has 0 aliphatic carbocycles. The van der Waals surface area contributed by atoms with E-state index in [1.807, 2.05) is 32.5 Å². The summed E-state index contributed by atoms with van der Waals surface area (Å²) in [5, 5.41) is 8.95. The van der Waals surface area contributed by atoms with Crippen LogP contribution in [-0.4, -0.2) is 75.0 Å². The highest BCUT2D eigenvalue weighted by molar-refractivity contribution is 7.09. The Morgan fingerprint density at radius 2 is 2.26 bits per heavy atom. The molecule has 0 aromatic carbocycles. The molecule has 2 heterocycles. The Labute approximate surface area is 168 Å². The van der Waals surface area contributed by atoms with Gasteiger partial charge in [-0.05, 0) is 49.6 Å². The van der Waals surface area contributed by atoms with E-state index in [1.165, 1.54) is 4.88 Å². The molecule has 0 spiro atoms. The molecule has 6 nitrogen and oxygen atoms in total. The van der Waals surface area contributed by atoms with Gasteiger partial charge in [0.25, 0.3) is 0 Å². The molecule has 0 saturated carbocycles. The molecule has 1 fully saturated rings. The summed E-state index contributed by atoms with van der Waals surface area (Å²) in [6, 6.07) is 4.37. The number of hydrogen-bond donors (Lipinski definition) is 2. The van der Waals surface area contributed by atoms with Crippen molar-refractivity contribution in [1.82, 2.24) is 20.4 Å². The third kappa shape index (κ3) is 7.14. The number of nitrogens with one attached hydrogen (secondary N) is 2. The highest BCUT2D eigenvalue weighted by atomic mass is 32.1. The van der Waals surface area contributed by atoms with Gasteiger partial charge in [0.2, 0.25) is 5.91 Å². The lowest BCUT2D eigenvalue weighted by atomic mass is 10.1. The number of rotatable bonds is 9. The molecule has 2 atom stereocenters. The minimum Gasteiger partial charge on any atom is -0.356 e. The van der Waals surface area contributed by atoms with Crippen molar-refractivity contribution in [3.8, 4) is 0 Å². The SMILES string of the molecule is CN=C(NCCCN1CCCC1C(=O)N(C)C)NCC(C)Cc1cccs1. The smallest absolute Gasteiger partial charge is 0.239 e. The van der Waals surface area contributed by atoms with Crippen molar-refractivity contribution in [2.45, 2.75) is 38.6 Å². The summed E-state index contributed by atoms with van der Waals surface area (Å²) < 4.78 is 0. The van der Waals surface area contributed by atoms with Crippen LogP contribution < -0.4 is 10.6 Å². The van der Waals surface area contributed by atoms with Crippen molar-refractivity contribution in [3.05, 3.63) is 22.4 Å². The summed E-state index contributed by atoms with van der Waals surface area (Å²) >= 11 is 1.82. The second-order valence-corrected chi connectivity index (χ2v) is 8.58. The van der Waals surface area contributed by atoms with Crippen LogP contribution in [0.25, 0.3) is 0 Å². The fraction of sp³-hybridized carbons (Fsp3) is 0.700. The third-order valence-corrected chi connectivity index (χ3v) is 5.87. The number of carbonyl (C=O) groups is 1. The zero-order chi connectivity index (χ0) is 19.6. The van der Waals surface area contributed by atoms with Crippen LogP contribution in [0.15, 0.2) is 22.5 Å². The molecule has 7 heteroatoms. The standard InChI is InChI=1S/C20H35N5OS/c1-16(14-17-8-6-13-27-17)15-23-20(21-2)22-10-7-12-25-11-5-9-18(25)19(26)24(3)4/h6,8,13,16,18H,5,7,9-12,14-15H2,1-4H3,(H2,21,22,23). The predicted octanol–water partition coefficient (Wildman–Crippen LogP) is 2.03. The summed E-state index contributed by atoms with van der Waals surface area (Å²) in [7, 11) is 5.50. The number of amides is 1. The van der Waals surface area contributed by atoms with Crippen molar-refractivity contribution in [1.29, 1.82) is 0 Å². The molecule has 0 bridgehead atoms. The van der Waals surface area contributed by atoms with E-state index in [1.54, 1.807) is 4.90 Å². The van der Waals surface area contributed by atoms with E-state index < -0.39 is 0 Å². The number of likely N-dealkylation sites (tertiary alicyclic amines) is 1. The molecule has 27 heavy (non-hydrogen) atoms. The molecule has 1 aromatic heterocycles. The van der Waals surface area contributed by atoms with Gasteiger partial charge in [-0.1, -0.05) is 13.0 Å². The zero-order valence-corrected chi connectivity index (χ0v) is 18.0. The van der Waals surface area contributed by atoms with E-state index in [-0.39, 0.29) is 11.9 Å².